The normalized spacial score (nSPS) is 13.8. The molecule has 1 heterocycles. The molecule has 1 unspecified atom stereocenters. The van der Waals surface area contributed by atoms with E-state index in [9.17, 15) is 4.79 Å². The van der Waals surface area contributed by atoms with Gasteiger partial charge in [-0.15, -0.1) is 0 Å². The van der Waals surface area contributed by atoms with Crippen molar-refractivity contribution in [1.29, 1.82) is 0 Å². The lowest BCUT2D eigenvalue weighted by molar-refractivity contribution is 0.248. The van der Waals surface area contributed by atoms with Gasteiger partial charge in [-0.1, -0.05) is 37.6 Å². The average Bonchev–Trinajstić information content (AvgIpc) is 3.11. The Kier molecular flexibility index (Phi) is 5.84. The molecule has 2 amide bonds. The maximum Gasteiger partial charge on any atom is 0.312 e. The van der Waals surface area contributed by atoms with Crippen LogP contribution in [0.5, 0.6) is 5.75 Å². The highest BCUT2D eigenvalue weighted by Gasteiger charge is 2.21. The third-order valence-electron chi connectivity index (χ3n) is 5.87. The van der Waals surface area contributed by atoms with Gasteiger partial charge in [0, 0.05) is 23.7 Å². The molecule has 0 radical (unpaired) electrons. The molecule has 0 spiro atoms. The van der Waals surface area contributed by atoms with Crippen LogP contribution in [0.4, 0.5) is 4.79 Å². The van der Waals surface area contributed by atoms with Gasteiger partial charge in [0.2, 0.25) is 0 Å². The van der Waals surface area contributed by atoms with Crippen molar-refractivity contribution in [3.8, 4) is 5.75 Å². The van der Waals surface area contributed by atoms with E-state index in [1.165, 1.54) is 28.5 Å². The molecular formula is C24H30N4O2. The van der Waals surface area contributed by atoms with E-state index >= 15 is 0 Å². The van der Waals surface area contributed by atoms with E-state index < -0.39 is 6.03 Å². The van der Waals surface area contributed by atoms with Crippen LogP contribution in [0.2, 0.25) is 0 Å². The number of methoxy groups -OCH3 is 1. The highest BCUT2D eigenvalue weighted by molar-refractivity contribution is 5.88. The van der Waals surface area contributed by atoms with Crippen LogP contribution in [-0.4, -0.2) is 24.4 Å². The van der Waals surface area contributed by atoms with Gasteiger partial charge in [0.05, 0.1) is 18.7 Å². The van der Waals surface area contributed by atoms with Crippen LogP contribution >= 0.6 is 0 Å². The zero-order valence-corrected chi connectivity index (χ0v) is 17.7. The smallest absolute Gasteiger partial charge is 0.312 e. The molecule has 1 atom stereocenters. The second-order valence-electron chi connectivity index (χ2n) is 7.94. The van der Waals surface area contributed by atoms with E-state index in [-0.39, 0.29) is 6.04 Å². The number of benzene rings is 2. The summed E-state index contributed by atoms with van der Waals surface area (Å²) in [6, 6.07) is 12.0. The summed E-state index contributed by atoms with van der Waals surface area (Å²) in [4.78, 5) is 11.4. The van der Waals surface area contributed by atoms with Gasteiger partial charge < -0.3 is 21.2 Å². The molecule has 30 heavy (non-hydrogen) atoms. The number of primary amides is 1. The van der Waals surface area contributed by atoms with Gasteiger partial charge in [-0.3, -0.25) is 4.68 Å². The third kappa shape index (κ3) is 3.95. The van der Waals surface area contributed by atoms with Gasteiger partial charge in [-0.05, 0) is 54.5 Å². The van der Waals surface area contributed by atoms with Gasteiger partial charge in [0.15, 0.2) is 0 Å². The van der Waals surface area contributed by atoms with Crippen LogP contribution in [0.15, 0.2) is 42.6 Å². The number of nitrogens with one attached hydrogen (secondary N) is 2. The van der Waals surface area contributed by atoms with Gasteiger partial charge in [0.1, 0.15) is 5.75 Å². The Morgan fingerprint density at radius 2 is 2.07 bits per heavy atom. The summed E-state index contributed by atoms with van der Waals surface area (Å²) in [6.07, 6.45) is 7.64. The highest BCUT2D eigenvalue weighted by Crippen LogP contribution is 2.33. The number of rotatable bonds is 8. The average molecular weight is 407 g/mol. The first-order valence-electron chi connectivity index (χ1n) is 10.7. The zero-order chi connectivity index (χ0) is 21.1. The molecule has 158 valence electrons. The molecule has 0 fully saturated rings. The number of hydrogen-bond acceptors (Lipinski definition) is 3. The Bertz CT molecular complexity index is 1060. The number of amides is 2. The van der Waals surface area contributed by atoms with Gasteiger partial charge in [-0.2, -0.15) is 0 Å². The second kappa shape index (κ2) is 8.69. The number of carbonyl (C=O) groups excluding carboxylic acids is 1. The van der Waals surface area contributed by atoms with Crippen LogP contribution in [0.1, 0.15) is 48.1 Å². The van der Waals surface area contributed by atoms with Crippen LogP contribution in [0.3, 0.4) is 0 Å². The molecule has 0 aliphatic heterocycles. The van der Waals surface area contributed by atoms with Crippen LogP contribution in [0, 0.1) is 0 Å². The Balaban J connectivity index is 1.72. The van der Waals surface area contributed by atoms with Crippen molar-refractivity contribution >= 4 is 16.9 Å². The minimum atomic E-state index is -0.540. The summed E-state index contributed by atoms with van der Waals surface area (Å²) in [5, 5.41) is 4.11. The van der Waals surface area contributed by atoms with E-state index in [1.807, 2.05) is 0 Å². The first-order valence-corrected chi connectivity index (χ1v) is 10.7. The van der Waals surface area contributed by atoms with E-state index in [4.69, 9.17) is 10.5 Å². The number of nitrogens with zero attached hydrogens (tertiary/aromatic N) is 1. The summed E-state index contributed by atoms with van der Waals surface area (Å²) < 4.78 is 7.80. The van der Waals surface area contributed by atoms with Gasteiger partial charge in [-0.25, -0.2) is 4.79 Å². The fraction of sp³-hybridized carbons (Fsp3) is 0.375. The predicted octanol–water partition coefficient (Wildman–Crippen LogP) is 4.04. The first kappa shape index (κ1) is 20.1. The molecule has 4 rings (SSSR count). The number of nitrogens with two attached hydrogens (primary N) is 1. The SMILES string of the molecule is CCCc1ccc(C(CNC(N)=O)Nn2cc3c4c(cccc42)CCC3)c(OC)c1. The molecular weight excluding hydrogens is 376 g/mol. The molecule has 4 N–H and O–H groups in total. The molecule has 1 aliphatic carbocycles. The zero-order valence-electron chi connectivity index (χ0n) is 17.7. The van der Waals surface area contributed by atoms with Gasteiger partial charge in [0.25, 0.3) is 0 Å². The lowest BCUT2D eigenvalue weighted by Crippen LogP contribution is -2.37. The Hall–Kier alpha value is -3.15. The summed E-state index contributed by atoms with van der Waals surface area (Å²) in [5.41, 5.74) is 15.1. The molecule has 3 aromatic rings. The maximum absolute atomic E-state index is 11.4. The summed E-state index contributed by atoms with van der Waals surface area (Å²) in [5.74, 6) is 0.811. The molecule has 1 aliphatic rings. The number of aromatic nitrogens is 1. The van der Waals surface area contributed by atoms with Crippen molar-refractivity contribution in [3.63, 3.8) is 0 Å². The maximum atomic E-state index is 11.4. The monoisotopic (exact) mass is 406 g/mol. The fourth-order valence-corrected chi connectivity index (χ4v) is 4.51. The standard InChI is InChI=1S/C24H30N4O2/c1-3-6-16-11-12-19(22(13-16)30-2)20(14-26-24(25)29)27-28-15-18-9-4-7-17-8-5-10-21(28)23(17)18/h5,8,10-13,15,20,27H,3-4,6-7,9,14H2,1-2H3,(H3,25,26,29). The Morgan fingerprint density at radius 3 is 2.83 bits per heavy atom. The fourth-order valence-electron chi connectivity index (χ4n) is 4.51. The largest absolute Gasteiger partial charge is 0.496 e. The number of aryl methyl sites for hydroxylation is 3. The Labute approximate surface area is 177 Å². The summed E-state index contributed by atoms with van der Waals surface area (Å²) in [7, 11) is 1.69. The first-order chi connectivity index (χ1) is 14.6. The van der Waals surface area contributed by atoms with Crippen molar-refractivity contribution in [2.24, 2.45) is 5.73 Å². The molecule has 6 heteroatoms. The third-order valence-corrected chi connectivity index (χ3v) is 5.87. The summed E-state index contributed by atoms with van der Waals surface area (Å²) >= 11 is 0. The van der Waals surface area contributed by atoms with Crippen molar-refractivity contribution in [2.75, 3.05) is 19.1 Å². The highest BCUT2D eigenvalue weighted by atomic mass is 16.5. The van der Waals surface area contributed by atoms with Crippen LogP contribution in [-0.2, 0) is 19.3 Å². The molecule has 0 saturated carbocycles. The molecule has 2 aromatic carbocycles. The van der Waals surface area contributed by atoms with Crippen molar-refractivity contribution in [2.45, 2.75) is 45.1 Å². The van der Waals surface area contributed by atoms with E-state index in [0.29, 0.717) is 6.54 Å². The number of urea groups is 1. The quantitative estimate of drug-likeness (QED) is 0.528. The summed E-state index contributed by atoms with van der Waals surface area (Å²) in [6.45, 7) is 2.52. The molecule has 1 aromatic heterocycles. The second-order valence-corrected chi connectivity index (χ2v) is 7.94. The van der Waals surface area contributed by atoms with Crippen LogP contribution < -0.4 is 21.2 Å². The van der Waals surface area contributed by atoms with E-state index in [1.54, 1.807) is 7.11 Å². The molecule has 6 nitrogen and oxygen atoms in total. The lowest BCUT2D eigenvalue weighted by atomic mass is 9.93. The predicted molar refractivity (Wildman–Crippen MR) is 121 cm³/mol. The van der Waals surface area contributed by atoms with Crippen molar-refractivity contribution < 1.29 is 9.53 Å². The minimum absolute atomic E-state index is 0.198. The Morgan fingerprint density at radius 1 is 1.23 bits per heavy atom. The molecule has 0 saturated heterocycles. The lowest BCUT2D eigenvalue weighted by Gasteiger charge is -2.24. The molecule has 0 bridgehead atoms. The number of carbonyl (C=O) groups is 1. The van der Waals surface area contributed by atoms with Gasteiger partial charge >= 0.3 is 6.03 Å². The number of ether oxygens (including phenoxy) is 1. The van der Waals surface area contributed by atoms with Crippen molar-refractivity contribution in [3.05, 3.63) is 64.8 Å². The van der Waals surface area contributed by atoms with Crippen molar-refractivity contribution in [1.82, 2.24) is 9.99 Å². The topological polar surface area (TPSA) is 81.3 Å². The van der Waals surface area contributed by atoms with E-state index in [2.05, 4.69) is 64.9 Å². The number of hydrogen-bond donors (Lipinski definition) is 3. The minimum Gasteiger partial charge on any atom is -0.496 e. The van der Waals surface area contributed by atoms with E-state index in [0.717, 1.165) is 42.5 Å². The van der Waals surface area contributed by atoms with Crippen LogP contribution in [0.25, 0.3) is 10.9 Å².